The van der Waals surface area contributed by atoms with Crippen LogP contribution in [0.4, 0.5) is 0 Å². The van der Waals surface area contributed by atoms with E-state index in [9.17, 15) is 0 Å². The van der Waals surface area contributed by atoms with Gasteiger partial charge in [-0.3, -0.25) is 0 Å². The minimum Gasteiger partial charge on any atom is -0.455 e. The number of hydrogen-bond donors (Lipinski definition) is 0. The van der Waals surface area contributed by atoms with Crippen LogP contribution in [0.2, 0.25) is 0 Å². The van der Waals surface area contributed by atoms with Crippen LogP contribution in [-0.4, -0.2) is 34.9 Å². The summed E-state index contributed by atoms with van der Waals surface area (Å²) in [6.45, 7) is 9.48. The fourth-order valence-electron chi connectivity index (χ4n) is 24.7. The first kappa shape index (κ1) is 86.1. The topological polar surface area (TPSA) is 103 Å². The Bertz CT molecular complexity index is 10900. The summed E-state index contributed by atoms with van der Waals surface area (Å²) in [5.74, 6) is 3.44. The Hall–Kier alpha value is -18.5. The van der Waals surface area contributed by atoms with Crippen molar-refractivity contribution < 1.29 is 4.42 Å². The minimum atomic E-state index is -0.0731. The van der Waals surface area contributed by atoms with E-state index in [1.807, 2.05) is 95.5 Å². The lowest BCUT2D eigenvalue weighted by Gasteiger charge is -2.23. The molecule has 0 radical (unpaired) electrons. The van der Waals surface area contributed by atoms with Gasteiger partial charge in [0.2, 0.25) is 0 Å². The van der Waals surface area contributed by atoms with Gasteiger partial charge in [0.25, 0.3) is 0 Å². The summed E-state index contributed by atoms with van der Waals surface area (Å²) in [6.07, 6.45) is 0. The second-order valence-corrected chi connectivity index (χ2v) is 42.7. The maximum Gasteiger partial charge on any atom is 0.164 e. The summed E-state index contributed by atoms with van der Waals surface area (Å²) in [4.78, 5) is 35.9. The van der Waals surface area contributed by atoms with Gasteiger partial charge < -0.3 is 4.42 Å². The first-order valence-corrected chi connectivity index (χ1v) is 52.6. The van der Waals surface area contributed by atoms with Gasteiger partial charge in [0, 0.05) is 117 Å². The van der Waals surface area contributed by atoms with Crippen LogP contribution >= 0.6 is 22.7 Å². The average Bonchev–Trinajstić information content (AvgIpc) is 1.54. The molecule has 149 heavy (non-hydrogen) atoms. The molecule has 24 aromatic carbocycles. The number of para-hydroxylation sites is 3. The Balaban J connectivity index is 0.000000103. The van der Waals surface area contributed by atoms with Crippen LogP contribution < -0.4 is 0 Å². The molecule has 32 rings (SSSR count). The third kappa shape index (κ3) is 13.6. The smallest absolute Gasteiger partial charge is 0.164 e. The van der Waals surface area contributed by atoms with E-state index in [0.717, 1.165) is 128 Å². The second-order valence-electron chi connectivity index (χ2n) is 40.6. The van der Waals surface area contributed by atoms with Crippen molar-refractivity contribution in [3.8, 4) is 113 Å². The predicted molar refractivity (Wildman–Crippen MR) is 628 cm³/mol. The fraction of sp³-hybridized carbons (Fsp3) is 0.0432. The lowest BCUT2D eigenvalue weighted by atomic mass is 9.79. The van der Waals surface area contributed by atoms with Gasteiger partial charge in [-0.2, -0.15) is 0 Å². The van der Waals surface area contributed by atoms with Gasteiger partial charge in [0.1, 0.15) is 11.2 Å². The molecule has 0 atom stereocenters. The van der Waals surface area contributed by atoms with Crippen molar-refractivity contribution in [2.45, 2.75) is 38.5 Å². The molecule has 0 saturated heterocycles. The molecular weight excluding hydrogens is 1850 g/mol. The number of fused-ring (bicyclic) bond motifs is 35. The molecule has 10 heteroatoms. The van der Waals surface area contributed by atoms with Gasteiger partial charge in [0.05, 0.1) is 22.4 Å². The fourth-order valence-corrected chi connectivity index (χ4v) is 27.1. The largest absolute Gasteiger partial charge is 0.455 e. The summed E-state index contributed by atoms with van der Waals surface area (Å²) in [5.41, 5.74) is 26.0. The van der Waals surface area contributed by atoms with Crippen LogP contribution in [0.3, 0.4) is 0 Å². The first-order chi connectivity index (χ1) is 73.4. The normalized spacial score (nSPS) is 12.9. The molecule has 0 aliphatic heterocycles. The quantitative estimate of drug-likeness (QED) is 0.139. The predicted octanol–water partition coefficient (Wildman–Crippen LogP) is 38.1. The van der Waals surface area contributed by atoms with Crippen LogP contribution in [0.5, 0.6) is 0 Å². The molecule has 6 heterocycles. The standard InChI is InChI=1S/C48H33N3.C47H30N2S.C44H24N2OS/c1-48(2)42-20-12-11-18-37(42)39-28-27-38-40(44(39)48)26-23-30-21-22-34-29-33(24-25-36(34)43(30)38)35-17-9-10-19-41(35)47-50-45(31-13-5-3-6-14-31)49-46(51-47)32-15-7-4-8-16-32;1-47(2)39-15-6-3-10-31(39)34-25-24-33-35(43(34)47)23-20-27-18-19-28-26-29(21-22-30(28)42(27)33)46-48-40-16-7-4-12-37(40)44(49-46)38-14-9-13-36-32-11-5-8-17-41(32)50-45(36)38;1-4-13-37-35(10-1)41(36-12-7-11-34-30-9-3-6-15-39(30)48-43(34)36)46-44(45-37)27-19-20-28-26(24-27)17-16-25-18-21-33-31(40(25)28)22-23-32-29-8-2-5-14-38(29)47-42(32)33/h3-29H,1-2H3;3-26H,1-2H3;1-24H. The van der Waals surface area contributed by atoms with Crippen molar-refractivity contribution in [3.63, 3.8) is 0 Å². The van der Waals surface area contributed by atoms with Crippen molar-refractivity contribution in [2.75, 3.05) is 0 Å². The van der Waals surface area contributed by atoms with Gasteiger partial charge in [-0.1, -0.05) is 422 Å². The summed E-state index contributed by atoms with van der Waals surface area (Å²) < 4.78 is 11.5. The van der Waals surface area contributed by atoms with Crippen LogP contribution in [-0.2, 0) is 10.8 Å². The molecule has 8 nitrogen and oxygen atoms in total. The zero-order valence-electron chi connectivity index (χ0n) is 81.7. The number of benzene rings is 24. The third-order valence-electron chi connectivity index (χ3n) is 31.6. The van der Waals surface area contributed by atoms with Crippen molar-refractivity contribution in [2.24, 2.45) is 0 Å². The monoisotopic (exact) mass is 1930 g/mol. The Kier molecular flexibility index (Phi) is 19.4. The zero-order valence-corrected chi connectivity index (χ0v) is 83.3. The Labute approximate surface area is 865 Å². The minimum absolute atomic E-state index is 0.0673. The van der Waals surface area contributed by atoms with Crippen LogP contribution in [0, 0.1) is 0 Å². The van der Waals surface area contributed by atoms with E-state index in [1.165, 1.54) is 171 Å². The molecular formula is C139H87N7OS2. The van der Waals surface area contributed by atoms with Crippen LogP contribution in [0.1, 0.15) is 49.9 Å². The molecule has 0 N–H and O–H groups in total. The Morgan fingerprint density at radius 3 is 1.03 bits per heavy atom. The molecule has 0 fully saturated rings. The number of thiophene rings is 2. The maximum atomic E-state index is 6.41. The van der Waals surface area contributed by atoms with Crippen molar-refractivity contribution in [3.05, 3.63) is 477 Å². The van der Waals surface area contributed by atoms with E-state index in [4.69, 9.17) is 39.3 Å². The van der Waals surface area contributed by atoms with Gasteiger partial charge in [-0.05, 0) is 208 Å². The number of furan rings is 1. The molecule has 0 spiro atoms. The number of aromatic nitrogens is 7. The van der Waals surface area contributed by atoms with Gasteiger partial charge in [-0.25, -0.2) is 34.9 Å². The number of hydrogen-bond acceptors (Lipinski definition) is 10. The molecule has 696 valence electrons. The summed E-state index contributed by atoms with van der Waals surface area (Å²) >= 11 is 3.67. The van der Waals surface area contributed by atoms with E-state index in [2.05, 4.69) is 410 Å². The highest BCUT2D eigenvalue weighted by atomic mass is 32.1. The molecule has 0 bridgehead atoms. The molecule has 2 aliphatic rings. The van der Waals surface area contributed by atoms with Crippen molar-refractivity contribution >= 4 is 204 Å². The highest BCUT2D eigenvalue weighted by molar-refractivity contribution is 7.26. The van der Waals surface area contributed by atoms with E-state index >= 15 is 0 Å². The molecule has 2 aliphatic carbocycles. The molecule has 0 unspecified atom stereocenters. The molecule has 0 amide bonds. The Morgan fingerprint density at radius 2 is 0.530 bits per heavy atom. The zero-order chi connectivity index (χ0) is 98.6. The number of nitrogens with zero attached hydrogens (tertiary/aromatic N) is 7. The van der Waals surface area contributed by atoms with Gasteiger partial charge in [-0.15, -0.1) is 22.7 Å². The first-order valence-electron chi connectivity index (χ1n) is 50.9. The van der Waals surface area contributed by atoms with Gasteiger partial charge >= 0.3 is 0 Å². The van der Waals surface area contributed by atoms with Crippen molar-refractivity contribution in [1.82, 2.24) is 34.9 Å². The number of rotatable bonds is 8. The summed E-state index contributed by atoms with van der Waals surface area (Å²) in [6, 6.07) is 163. The van der Waals surface area contributed by atoms with Crippen LogP contribution in [0.25, 0.3) is 294 Å². The summed E-state index contributed by atoms with van der Waals surface area (Å²) in [5, 5.41) is 32.0. The molecule has 30 aromatic rings. The second kappa shape index (κ2) is 33.6. The van der Waals surface area contributed by atoms with E-state index in [-0.39, 0.29) is 10.8 Å². The highest BCUT2D eigenvalue weighted by Gasteiger charge is 2.39. The summed E-state index contributed by atoms with van der Waals surface area (Å²) in [7, 11) is 0. The van der Waals surface area contributed by atoms with Gasteiger partial charge in [0.15, 0.2) is 29.1 Å². The van der Waals surface area contributed by atoms with E-state index in [0.29, 0.717) is 17.5 Å². The van der Waals surface area contributed by atoms with Crippen molar-refractivity contribution in [1.29, 1.82) is 0 Å². The lowest BCUT2D eigenvalue weighted by molar-refractivity contribution is 0.666. The Morgan fingerprint density at radius 1 is 0.195 bits per heavy atom. The highest BCUT2D eigenvalue weighted by Crippen LogP contribution is 2.56. The average molecular weight is 1940 g/mol. The lowest BCUT2D eigenvalue weighted by Crippen LogP contribution is -2.15. The third-order valence-corrected chi connectivity index (χ3v) is 34.0. The van der Waals surface area contributed by atoms with E-state index < -0.39 is 0 Å². The molecule has 0 saturated carbocycles. The maximum absolute atomic E-state index is 6.41. The van der Waals surface area contributed by atoms with E-state index in [1.54, 1.807) is 0 Å². The molecule has 6 aromatic heterocycles. The van der Waals surface area contributed by atoms with Crippen LogP contribution in [0.15, 0.2) is 459 Å². The SMILES string of the molecule is CC1(C)c2ccccc2-c2ccc3c(ccc4ccc5cc(-c6ccccc6-c6nc(-c7ccccc7)nc(-c7ccccc7)n6)ccc5c43)c21.CC1(C)c2ccccc2-c2ccc3c(ccc4ccc5cc(-c6nc(-c7cccc8c7sc7ccccc78)c7ccccc7n6)ccc5c43)c21.c1ccc2c(-c3cccc4c3sc3ccccc34)nc(-c3ccc4c(ccc5ccc6c(ccc7c8ccccc8oc76)c54)c3)nc2c1.